The van der Waals surface area contributed by atoms with Gasteiger partial charge in [-0.1, -0.05) is 17.7 Å². The average Bonchev–Trinajstić information content (AvgIpc) is 2.75. The minimum Gasteiger partial charge on any atom is -0.369 e. The summed E-state index contributed by atoms with van der Waals surface area (Å²) < 4.78 is 0. The molecule has 4 nitrogen and oxygen atoms in total. The molecule has 1 unspecified atom stereocenters. The summed E-state index contributed by atoms with van der Waals surface area (Å²) in [5.41, 5.74) is 1.13. The van der Waals surface area contributed by atoms with E-state index >= 15 is 0 Å². The summed E-state index contributed by atoms with van der Waals surface area (Å²) >= 11 is 6.01. The van der Waals surface area contributed by atoms with Crippen LogP contribution in [0.2, 0.25) is 5.02 Å². The van der Waals surface area contributed by atoms with Gasteiger partial charge in [-0.2, -0.15) is 0 Å². The van der Waals surface area contributed by atoms with Gasteiger partial charge in [0.25, 0.3) is 0 Å². The summed E-state index contributed by atoms with van der Waals surface area (Å²) in [7, 11) is 0. The number of halogens is 2. The van der Waals surface area contributed by atoms with Gasteiger partial charge < -0.3 is 15.5 Å². The molecule has 2 heterocycles. The number of amides is 1. The van der Waals surface area contributed by atoms with Gasteiger partial charge in [0.05, 0.1) is 5.92 Å². The molecule has 1 atom stereocenters. The predicted octanol–water partition coefficient (Wildman–Crippen LogP) is 1.68. The topological polar surface area (TPSA) is 44.4 Å². The number of nitrogens with one attached hydrogen (secondary N) is 2. The highest BCUT2D eigenvalue weighted by molar-refractivity contribution is 6.30. The number of benzene rings is 1. The third-order valence-corrected chi connectivity index (χ3v) is 4.10. The standard InChI is InChI=1S/C14H18ClN3O.ClH/c15-11-2-1-3-13(6-11)18-5-4-12(9-18)17-14(19)10-7-16-8-10;/h1-3,6,10,12,16H,4-5,7-9H2,(H,17,19);1H. The molecule has 6 heteroatoms. The first-order valence-electron chi connectivity index (χ1n) is 6.74. The van der Waals surface area contributed by atoms with Crippen molar-refractivity contribution in [2.75, 3.05) is 31.1 Å². The van der Waals surface area contributed by atoms with Gasteiger partial charge in [-0.25, -0.2) is 0 Å². The first-order chi connectivity index (χ1) is 9.22. The minimum atomic E-state index is 0. The van der Waals surface area contributed by atoms with E-state index in [4.69, 9.17) is 11.6 Å². The molecule has 2 fully saturated rings. The smallest absolute Gasteiger partial charge is 0.225 e. The minimum absolute atomic E-state index is 0. The van der Waals surface area contributed by atoms with Crippen LogP contribution in [0, 0.1) is 5.92 Å². The van der Waals surface area contributed by atoms with E-state index in [1.54, 1.807) is 0 Å². The van der Waals surface area contributed by atoms with Gasteiger partial charge in [0.1, 0.15) is 0 Å². The molecule has 2 aliphatic heterocycles. The fourth-order valence-corrected chi connectivity index (χ4v) is 2.76. The second-order valence-corrected chi connectivity index (χ2v) is 5.71. The second kappa shape index (κ2) is 6.66. The van der Waals surface area contributed by atoms with E-state index in [2.05, 4.69) is 21.6 Å². The zero-order valence-electron chi connectivity index (χ0n) is 11.1. The van der Waals surface area contributed by atoms with E-state index in [0.717, 1.165) is 43.3 Å². The largest absolute Gasteiger partial charge is 0.369 e. The first kappa shape index (κ1) is 15.4. The molecule has 0 aliphatic carbocycles. The maximum absolute atomic E-state index is 11.9. The molecule has 1 aromatic rings. The summed E-state index contributed by atoms with van der Waals surface area (Å²) in [6.45, 7) is 3.47. The highest BCUT2D eigenvalue weighted by Gasteiger charge is 2.29. The van der Waals surface area contributed by atoms with Gasteiger partial charge in [0.15, 0.2) is 0 Å². The number of hydrogen-bond acceptors (Lipinski definition) is 3. The van der Waals surface area contributed by atoms with Crippen molar-refractivity contribution < 1.29 is 4.79 Å². The molecule has 0 spiro atoms. The van der Waals surface area contributed by atoms with Crippen molar-refractivity contribution in [2.45, 2.75) is 12.5 Å². The quantitative estimate of drug-likeness (QED) is 0.892. The zero-order valence-corrected chi connectivity index (χ0v) is 12.7. The Kier molecular flexibility index (Phi) is 5.13. The number of anilines is 1. The molecule has 3 rings (SSSR count). The normalized spacial score (nSPS) is 22.1. The van der Waals surface area contributed by atoms with Crippen molar-refractivity contribution in [2.24, 2.45) is 5.92 Å². The van der Waals surface area contributed by atoms with Crippen LogP contribution >= 0.6 is 24.0 Å². The zero-order chi connectivity index (χ0) is 13.2. The Morgan fingerprint density at radius 2 is 2.20 bits per heavy atom. The summed E-state index contributed by atoms with van der Waals surface area (Å²) in [5, 5.41) is 7.02. The molecule has 1 aromatic carbocycles. The summed E-state index contributed by atoms with van der Waals surface area (Å²) in [6, 6.07) is 8.13. The fourth-order valence-electron chi connectivity index (χ4n) is 2.58. The molecule has 20 heavy (non-hydrogen) atoms. The van der Waals surface area contributed by atoms with Crippen LogP contribution in [0.25, 0.3) is 0 Å². The van der Waals surface area contributed by atoms with E-state index in [1.165, 1.54) is 0 Å². The molecule has 0 bridgehead atoms. The van der Waals surface area contributed by atoms with Crippen LogP contribution in [0.3, 0.4) is 0 Å². The van der Waals surface area contributed by atoms with Crippen LogP contribution in [-0.4, -0.2) is 38.1 Å². The van der Waals surface area contributed by atoms with Gasteiger partial charge in [-0.15, -0.1) is 12.4 Å². The molecular formula is C14H19Cl2N3O. The Morgan fingerprint density at radius 3 is 2.85 bits per heavy atom. The average molecular weight is 316 g/mol. The van der Waals surface area contributed by atoms with Gasteiger partial charge in [0.2, 0.25) is 5.91 Å². The first-order valence-corrected chi connectivity index (χ1v) is 7.12. The number of hydrogen-bond donors (Lipinski definition) is 2. The second-order valence-electron chi connectivity index (χ2n) is 5.28. The lowest BCUT2D eigenvalue weighted by Gasteiger charge is -2.27. The monoisotopic (exact) mass is 315 g/mol. The molecule has 2 saturated heterocycles. The van der Waals surface area contributed by atoms with Crippen LogP contribution < -0.4 is 15.5 Å². The van der Waals surface area contributed by atoms with Crippen LogP contribution in [0.1, 0.15) is 6.42 Å². The Hall–Kier alpha value is -0.970. The highest BCUT2D eigenvalue weighted by atomic mass is 35.5. The van der Waals surface area contributed by atoms with Crippen molar-refractivity contribution in [1.29, 1.82) is 0 Å². The van der Waals surface area contributed by atoms with Crippen molar-refractivity contribution in [3.05, 3.63) is 29.3 Å². The van der Waals surface area contributed by atoms with E-state index in [9.17, 15) is 4.79 Å². The lowest BCUT2D eigenvalue weighted by molar-refractivity contribution is -0.127. The summed E-state index contributed by atoms with van der Waals surface area (Å²) in [5.74, 6) is 0.358. The Bertz CT molecular complexity index is 479. The van der Waals surface area contributed by atoms with E-state index in [0.29, 0.717) is 0 Å². The molecule has 0 radical (unpaired) electrons. The third-order valence-electron chi connectivity index (χ3n) is 3.86. The van der Waals surface area contributed by atoms with Crippen molar-refractivity contribution >= 4 is 35.6 Å². The van der Waals surface area contributed by atoms with Crippen molar-refractivity contribution in [1.82, 2.24) is 10.6 Å². The lowest BCUT2D eigenvalue weighted by Crippen LogP contribution is -2.53. The Labute approximate surface area is 130 Å². The van der Waals surface area contributed by atoms with Crippen LogP contribution in [0.4, 0.5) is 5.69 Å². The van der Waals surface area contributed by atoms with Gasteiger partial charge >= 0.3 is 0 Å². The highest BCUT2D eigenvalue weighted by Crippen LogP contribution is 2.23. The molecule has 0 saturated carbocycles. The SMILES string of the molecule is Cl.O=C(NC1CCN(c2cccc(Cl)c2)C1)C1CNC1. The predicted molar refractivity (Wildman–Crippen MR) is 83.8 cm³/mol. The number of nitrogens with zero attached hydrogens (tertiary/aromatic N) is 1. The maximum Gasteiger partial charge on any atom is 0.225 e. The van der Waals surface area contributed by atoms with Crippen LogP contribution in [0.5, 0.6) is 0 Å². The Balaban J connectivity index is 0.00000147. The van der Waals surface area contributed by atoms with Crippen molar-refractivity contribution in [3.63, 3.8) is 0 Å². The van der Waals surface area contributed by atoms with Crippen molar-refractivity contribution in [3.8, 4) is 0 Å². The fraction of sp³-hybridized carbons (Fsp3) is 0.500. The summed E-state index contributed by atoms with van der Waals surface area (Å²) in [4.78, 5) is 14.2. The third kappa shape index (κ3) is 3.37. The van der Waals surface area contributed by atoms with Gasteiger partial charge in [0, 0.05) is 42.9 Å². The molecule has 2 N–H and O–H groups in total. The molecule has 1 amide bonds. The lowest BCUT2D eigenvalue weighted by atomic mass is 10.0. The number of rotatable bonds is 3. The van der Waals surface area contributed by atoms with Gasteiger partial charge in [-0.05, 0) is 24.6 Å². The van der Waals surface area contributed by atoms with E-state index in [1.807, 2.05) is 18.2 Å². The Morgan fingerprint density at radius 1 is 1.40 bits per heavy atom. The van der Waals surface area contributed by atoms with Gasteiger partial charge in [-0.3, -0.25) is 4.79 Å². The molecule has 0 aromatic heterocycles. The maximum atomic E-state index is 11.9. The number of carbonyl (C=O) groups excluding carboxylic acids is 1. The summed E-state index contributed by atoms with van der Waals surface area (Å²) in [6.07, 6.45) is 0.998. The molecule has 110 valence electrons. The van der Waals surface area contributed by atoms with Crippen LogP contribution in [-0.2, 0) is 4.79 Å². The van der Waals surface area contributed by atoms with E-state index < -0.39 is 0 Å². The number of carbonyl (C=O) groups is 1. The molecular weight excluding hydrogens is 297 g/mol. The molecule has 2 aliphatic rings. The van der Waals surface area contributed by atoms with Crippen LogP contribution in [0.15, 0.2) is 24.3 Å². The van der Waals surface area contributed by atoms with E-state index in [-0.39, 0.29) is 30.3 Å².